The van der Waals surface area contributed by atoms with Crippen molar-refractivity contribution < 1.29 is 9.85 Å². The summed E-state index contributed by atoms with van der Waals surface area (Å²) in [6, 6.07) is 12.2. The monoisotopic (exact) mass is 293 g/mol. The summed E-state index contributed by atoms with van der Waals surface area (Å²) in [6.07, 6.45) is 0. The van der Waals surface area contributed by atoms with E-state index in [0.29, 0.717) is 5.69 Å². The molecule has 2 rings (SSSR count). The van der Waals surface area contributed by atoms with E-state index in [2.05, 4.69) is 0 Å². The SMILES string of the molecule is O=[N+]([O-])c1ccc(N(Cl)c2ccccc2)cc1[N+](=O)[O-]. The lowest BCUT2D eigenvalue weighted by molar-refractivity contribution is -0.422. The van der Waals surface area contributed by atoms with Crippen molar-refractivity contribution in [1.29, 1.82) is 0 Å². The van der Waals surface area contributed by atoms with Gasteiger partial charge in [-0.2, -0.15) is 0 Å². The van der Waals surface area contributed by atoms with Crippen molar-refractivity contribution in [2.45, 2.75) is 0 Å². The molecule has 0 atom stereocenters. The summed E-state index contributed by atoms with van der Waals surface area (Å²) in [4.78, 5) is 20.0. The van der Waals surface area contributed by atoms with Crippen LogP contribution in [0.1, 0.15) is 0 Å². The Morgan fingerprint density at radius 1 is 0.850 bits per heavy atom. The van der Waals surface area contributed by atoms with Crippen molar-refractivity contribution in [3.05, 3.63) is 68.8 Å². The lowest BCUT2D eigenvalue weighted by atomic mass is 10.2. The Balaban J connectivity index is 2.46. The Hall–Kier alpha value is -2.67. The van der Waals surface area contributed by atoms with Crippen LogP contribution in [0.3, 0.4) is 0 Å². The molecule has 0 saturated heterocycles. The third kappa shape index (κ3) is 2.67. The summed E-state index contributed by atoms with van der Waals surface area (Å²) in [5.41, 5.74) is -0.307. The molecule has 2 aromatic carbocycles. The maximum Gasteiger partial charge on any atom is 0.348 e. The Labute approximate surface area is 118 Å². The van der Waals surface area contributed by atoms with Crippen molar-refractivity contribution in [2.75, 3.05) is 4.42 Å². The first-order valence-electron chi connectivity index (χ1n) is 5.44. The Kier molecular flexibility index (Phi) is 3.81. The molecule has 0 aliphatic carbocycles. The molecule has 8 heteroatoms. The van der Waals surface area contributed by atoms with E-state index >= 15 is 0 Å². The Morgan fingerprint density at radius 2 is 1.45 bits per heavy atom. The predicted octanol–water partition coefficient (Wildman–Crippen LogP) is 3.79. The highest BCUT2D eigenvalue weighted by Gasteiger charge is 2.25. The molecule has 0 amide bonds. The van der Waals surface area contributed by atoms with Crippen molar-refractivity contribution in [1.82, 2.24) is 0 Å². The number of anilines is 2. The van der Waals surface area contributed by atoms with Crippen molar-refractivity contribution in [3.63, 3.8) is 0 Å². The van der Waals surface area contributed by atoms with Crippen LogP contribution in [0.4, 0.5) is 22.7 Å². The van der Waals surface area contributed by atoms with Crippen LogP contribution in [0.15, 0.2) is 48.5 Å². The largest absolute Gasteiger partial charge is 0.348 e. The van der Waals surface area contributed by atoms with Gasteiger partial charge in [-0.15, -0.1) is 0 Å². The maximum absolute atomic E-state index is 10.9. The topological polar surface area (TPSA) is 89.5 Å². The lowest BCUT2D eigenvalue weighted by Crippen LogP contribution is -2.03. The van der Waals surface area contributed by atoms with Crippen LogP contribution in [-0.2, 0) is 0 Å². The van der Waals surface area contributed by atoms with Crippen LogP contribution in [0, 0.1) is 20.2 Å². The Bertz CT molecular complexity index is 663. The first kappa shape index (κ1) is 13.8. The number of nitrogens with zero attached hydrogens (tertiary/aromatic N) is 3. The van der Waals surface area contributed by atoms with E-state index < -0.39 is 21.2 Å². The number of hydrogen-bond donors (Lipinski definition) is 0. The summed E-state index contributed by atoms with van der Waals surface area (Å²) < 4.78 is 1.19. The summed E-state index contributed by atoms with van der Waals surface area (Å²) in [5.74, 6) is 0. The molecule has 0 aliphatic rings. The molecule has 0 bridgehead atoms. The zero-order valence-corrected chi connectivity index (χ0v) is 10.7. The van der Waals surface area contributed by atoms with Gasteiger partial charge in [-0.1, -0.05) is 18.2 Å². The second-order valence-corrected chi connectivity index (χ2v) is 4.14. The minimum absolute atomic E-state index is 0.273. The van der Waals surface area contributed by atoms with Gasteiger partial charge in [-0.25, -0.2) is 0 Å². The van der Waals surface area contributed by atoms with E-state index in [0.717, 1.165) is 12.1 Å². The zero-order valence-electron chi connectivity index (χ0n) is 9.97. The van der Waals surface area contributed by atoms with Gasteiger partial charge in [-0.3, -0.25) is 24.6 Å². The molecule has 0 aliphatic heterocycles. The highest BCUT2D eigenvalue weighted by atomic mass is 35.5. The van der Waals surface area contributed by atoms with Gasteiger partial charge in [0.1, 0.15) is 0 Å². The van der Waals surface area contributed by atoms with Gasteiger partial charge in [0, 0.05) is 23.9 Å². The Morgan fingerprint density at radius 3 is 2.00 bits per heavy atom. The van der Waals surface area contributed by atoms with Gasteiger partial charge in [0.25, 0.3) is 0 Å². The average molecular weight is 294 g/mol. The fourth-order valence-corrected chi connectivity index (χ4v) is 1.86. The minimum atomic E-state index is -0.808. The first-order valence-corrected chi connectivity index (χ1v) is 5.78. The van der Waals surface area contributed by atoms with Crippen molar-refractivity contribution >= 4 is 34.5 Å². The smallest absolute Gasteiger partial charge is 0.258 e. The molecule has 2 aromatic rings. The number of benzene rings is 2. The molecule has 0 aromatic heterocycles. The quantitative estimate of drug-likeness (QED) is 0.486. The minimum Gasteiger partial charge on any atom is -0.258 e. The number of hydrogen-bond acceptors (Lipinski definition) is 5. The van der Waals surface area contributed by atoms with Crippen LogP contribution in [0.5, 0.6) is 0 Å². The molecule has 7 nitrogen and oxygen atoms in total. The van der Waals surface area contributed by atoms with E-state index in [1.807, 2.05) is 0 Å². The van der Waals surface area contributed by atoms with Gasteiger partial charge < -0.3 is 0 Å². The summed E-state index contributed by atoms with van der Waals surface area (Å²) >= 11 is 6.08. The van der Waals surface area contributed by atoms with Crippen LogP contribution in [0.25, 0.3) is 0 Å². The average Bonchev–Trinajstić information content (AvgIpc) is 2.46. The molecule has 20 heavy (non-hydrogen) atoms. The number of halogens is 1. The van der Waals surface area contributed by atoms with Crippen LogP contribution in [0.2, 0.25) is 0 Å². The molecular formula is C12H8ClN3O4. The number of nitro groups is 2. The highest BCUT2D eigenvalue weighted by molar-refractivity contribution is 6.29. The van der Waals surface area contributed by atoms with Gasteiger partial charge in [0.15, 0.2) is 0 Å². The van der Waals surface area contributed by atoms with E-state index in [9.17, 15) is 20.2 Å². The molecule has 0 N–H and O–H groups in total. The number of nitro benzene ring substituents is 2. The third-order valence-corrected chi connectivity index (χ3v) is 2.95. The van der Waals surface area contributed by atoms with Gasteiger partial charge >= 0.3 is 11.4 Å². The summed E-state index contributed by atoms with van der Waals surface area (Å²) in [7, 11) is 0. The summed E-state index contributed by atoms with van der Waals surface area (Å²) in [5, 5.41) is 21.6. The van der Waals surface area contributed by atoms with Crippen LogP contribution < -0.4 is 4.42 Å². The summed E-state index contributed by atoms with van der Waals surface area (Å²) in [6.45, 7) is 0. The van der Waals surface area contributed by atoms with Crippen molar-refractivity contribution in [2.24, 2.45) is 0 Å². The maximum atomic E-state index is 10.9. The molecular weight excluding hydrogens is 286 g/mol. The molecule has 0 fully saturated rings. The van der Waals surface area contributed by atoms with E-state index in [-0.39, 0.29) is 5.69 Å². The number of rotatable bonds is 4. The second kappa shape index (κ2) is 5.54. The zero-order chi connectivity index (χ0) is 14.7. The highest BCUT2D eigenvalue weighted by Crippen LogP contribution is 2.35. The van der Waals surface area contributed by atoms with Gasteiger partial charge in [0.05, 0.1) is 21.2 Å². The third-order valence-electron chi connectivity index (χ3n) is 2.56. The molecule has 0 spiro atoms. The van der Waals surface area contributed by atoms with Crippen LogP contribution >= 0.6 is 11.8 Å². The van der Waals surface area contributed by atoms with Gasteiger partial charge in [0.2, 0.25) is 0 Å². The van der Waals surface area contributed by atoms with Gasteiger partial charge in [-0.05, 0) is 18.2 Å². The first-order chi connectivity index (χ1) is 9.50. The van der Waals surface area contributed by atoms with E-state index in [4.69, 9.17) is 11.8 Å². The fraction of sp³-hybridized carbons (Fsp3) is 0. The molecule has 0 radical (unpaired) electrons. The van der Waals surface area contributed by atoms with Crippen LogP contribution in [-0.4, -0.2) is 9.85 Å². The van der Waals surface area contributed by atoms with E-state index in [1.54, 1.807) is 30.3 Å². The fourth-order valence-electron chi connectivity index (χ4n) is 1.64. The number of para-hydroxylation sites is 1. The van der Waals surface area contributed by atoms with Crippen molar-refractivity contribution in [3.8, 4) is 0 Å². The molecule has 0 saturated carbocycles. The molecule has 0 unspecified atom stereocenters. The van der Waals surface area contributed by atoms with E-state index in [1.165, 1.54) is 10.5 Å². The second-order valence-electron chi connectivity index (χ2n) is 3.80. The lowest BCUT2D eigenvalue weighted by Gasteiger charge is -2.15. The molecule has 0 heterocycles. The standard InChI is InChI=1S/C12H8ClN3O4/c13-14(9-4-2-1-3-5-9)10-6-7-11(15(17)18)12(8-10)16(19)20/h1-8H. The normalized spacial score (nSPS) is 10.1. The predicted molar refractivity (Wildman–Crippen MR) is 74.2 cm³/mol. The molecule has 102 valence electrons.